The van der Waals surface area contributed by atoms with Crippen LogP contribution in [-0.4, -0.2) is 47.2 Å². The Kier molecular flexibility index (Phi) is 5.40. The van der Waals surface area contributed by atoms with E-state index < -0.39 is 0 Å². The lowest BCUT2D eigenvalue weighted by Gasteiger charge is -2.30. The molecule has 0 bridgehead atoms. The Morgan fingerprint density at radius 2 is 1.94 bits per heavy atom. The summed E-state index contributed by atoms with van der Waals surface area (Å²) in [5, 5.41) is 12.3. The molecule has 0 atom stereocenters. The molecular weight excluding hydrogens is 216 g/mol. The van der Waals surface area contributed by atoms with E-state index in [9.17, 15) is 4.79 Å². The molecule has 0 radical (unpaired) electrons. The van der Waals surface area contributed by atoms with Crippen LogP contribution in [0.15, 0.2) is 0 Å². The number of amides is 1. The number of hydrogen-bond donors (Lipinski definition) is 2. The number of carbonyl (C=O) groups excluding carboxylic acids is 1. The van der Waals surface area contributed by atoms with E-state index >= 15 is 0 Å². The first kappa shape index (κ1) is 14.5. The zero-order valence-corrected chi connectivity index (χ0v) is 11.3. The van der Waals surface area contributed by atoms with Crippen LogP contribution in [0, 0.1) is 0 Å². The van der Waals surface area contributed by atoms with Gasteiger partial charge in [0.25, 0.3) is 0 Å². The highest BCUT2D eigenvalue weighted by molar-refractivity contribution is 5.78. The standard InChI is InChI=1S/C13H26N2O2/c1-13(2,3)14-10-12(17)15(8-9-16)11-6-4-5-7-11/h11,14,16H,4-10H2,1-3H3. The van der Waals surface area contributed by atoms with Crippen molar-refractivity contribution in [3.8, 4) is 0 Å². The van der Waals surface area contributed by atoms with E-state index in [1.807, 2.05) is 25.7 Å². The van der Waals surface area contributed by atoms with Crippen molar-refractivity contribution in [1.82, 2.24) is 10.2 Å². The summed E-state index contributed by atoms with van der Waals surface area (Å²) >= 11 is 0. The lowest BCUT2D eigenvalue weighted by atomic mass is 10.1. The molecular formula is C13H26N2O2. The Bertz CT molecular complexity index is 242. The van der Waals surface area contributed by atoms with Gasteiger partial charge in [-0.3, -0.25) is 4.79 Å². The predicted molar refractivity (Wildman–Crippen MR) is 68.8 cm³/mol. The van der Waals surface area contributed by atoms with Crippen molar-refractivity contribution in [3.05, 3.63) is 0 Å². The zero-order valence-electron chi connectivity index (χ0n) is 11.3. The fraction of sp³-hybridized carbons (Fsp3) is 0.923. The highest BCUT2D eigenvalue weighted by atomic mass is 16.3. The molecule has 0 aromatic heterocycles. The van der Waals surface area contributed by atoms with Crippen LogP contribution in [0.25, 0.3) is 0 Å². The topological polar surface area (TPSA) is 52.6 Å². The van der Waals surface area contributed by atoms with Gasteiger partial charge >= 0.3 is 0 Å². The highest BCUT2D eigenvalue weighted by Crippen LogP contribution is 2.23. The summed E-state index contributed by atoms with van der Waals surface area (Å²) in [7, 11) is 0. The van der Waals surface area contributed by atoms with E-state index in [2.05, 4.69) is 5.32 Å². The number of aliphatic hydroxyl groups is 1. The van der Waals surface area contributed by atoms with Gasteiger partial charge in [0.15, 0.2) is 0 Å². The number of aliphatic hydroxyl groups excluding tert-OH is 1. The van der Waals surface area contributed by atoms with Gasteiger partial charge in [-0.15, -0.1) is 0 Å². The third-order valence-electron chi connectivity index (χ3n) is 3.20. The number of nitrogens with one attached hydrogen (secondary N) is 1. The van der Waals surface area contributed by atoms with Crippen LogP contribution in [0.1, 0.15) is 46.5 Å². The molecule has 0 unspecified atom stereocenters. The first-order valence-corrected chi connectivity index (χ1v) is 6.59. The van der Waals surface area contributed by atoms with E-state index in [1.165, 1.54) is 12.8 Å². The summed E-state index contributed by atoms with van der Waals surface area (Å²) in [6, 6.07) is 0.344. The van der Waals surface area contributed by atoms with Crippen molar-refractivity contribution in [1.29, 1.82) is 0 Å². The average Bonchev–Trinajstić information content (AvgIpc) is 2.74. The Morgan fingerprint density at radius 1 is 1.35 bits per heavy atom. The molecule has 1 aliphatic carbocycles. The molecule has 0 spiro atoms. The molecule has 0 saturated heterocycles. The van der Waals surface area contributed by atoms with Gasteiger partial charge in [0, 0.05) is 18.1 Å². The van der Waals surface area contributed by atoms with Gasteiger partial charge in [-0.25, -0.2) is 0 Å². The first-order valence-electron chi connectivity index (χ1n) is 6.59. The van der Waals surface area contributed by atoms with E-state index in [1.54, 1.807) is 0 Å². The molecule has 17 heavy (non-hydrogen) atoms. The number of hydrogen-bond acceptors (Lipinski definition) is 3. The molecule has 0 aromatic carbocycles. The third kappa shape index (κ3) is 5.04. The smallest absolute Gasteiger partial charge is 0.236 e. The van der Waals surface area contributed by atoms with Crippen LogP contribution in [-0.2, 0) is 4.79 Å². The van der Waals surface area contributed by atoms with Crippen molar-refractivity contribution in [2.24, 2.45) is 0 Å². The molecule has 2 N–H and O–H groups in total. The number of nitrogens with zero attached hydrogens (tertiary/aromatic N) is 1. The van der Waals surface area contributed by atoms with Gasteiger partial charge in [-0.05, 0) is 33.6 Å². The normalized spacial score (nSPS) is 17.4. The Labute approximate surface area is 104 Å². The SMILES string of the molecule is CC(C)(C)NCC(=O)N(CCO)C1CCCC1. The quantitative estimate of drug-likeness (QED) is 0.760. The van der Waals surface area contributed by atoms with Crippen LogP contribution in [0.5, 0.6) is 0 Å². The zero-order chi connectivity index (χ0) is 12.9. The predicted octanol–water partition coefficient (Wildman–Crippen LogP) is 1.14. The van der Waals surface area contributed by atoms with Gasteiger partial charge in [0.2, 0.25) is 5.91 Å². The van der Waals surface area contributed by atoms with Gasteiger partial charge in [-0.2, -0.15) is 0 Å². The maximum Gasteiger partial charge on any atom is 0.236 e. The van der Waals surface area contributed by atoms with E-state index in [0.29, 0.717) is 19.1 Å². The second kappa shape index (κ2) is 6.36. The minimum Gasteiger partial charge on any atom is -0.395 e. The second-order valence-corrected chi connectivity index (χ2v) is 5.85. The molecule has 0 aliphatic heterocycles. The van der Waals surface area contributed by atoms with E-state index in [-0.39, 0.29) is 18.1 Å². The van der Waals surface area contributed by atoms with Crippen LogP contribution in [0.2, 0.25) is 0 Å². The lowest BCUT2D eigenvalue weighted by molar-refractivity contribution is -0.133. The van der Waals surface area contributed by atoms with Crippen LogP contribution in [0.4, 0.5) is 0 Å². The molecule has 1 rings (SSSR count). The molecule has 4 heteroatoms. The summed E-state index contributed by atoms with van der Waals surface area (Å²) < 4.78 is 0. The number of rotatable bonds is 5. The van der Waals surface area contributed by atoms with Crippen molar-refractivity contribution >= 4 is 5.91 Å². The minimum absolute atomic E-state index is 0.0454. The fourth-order valence-corrected chi connectivity index (χ4v) is 2.28. The molecule has 1 saturated carbocycles. The lowest BCUT2D eigenvalue weighted by Crippen LogP contribution is -2.48. The minimum atomic E-state index is -0.0454. The summed E-state index contributed by atoms with van der Waals surface area (Å²) in [4.78, 5) is 14.0. The van der Waals surface area contributed by atoms with Gasteiger partial charge in [-0.1, -0.05) is 12.8 Å². The summed E-state index contributed by atoms with van der Waals surface area (Å²) in [5.74, 6) is 0.112. The molecule has 0 aromatic rings. The van der Waals surface area contributed by atoms with E-state index in [0.717, 1.165) is 12.8 Å². The molecule has 4 nitrogen and oxygen atoms in total. The van der Waals surface area contributed by atoms with Gasteiger partial charge < -0.3 is 15.3 Å². The van der Waals surface area contributed by atoms with E-state index in [4.69, 9.17) is 5.11 Å². The first-order chi connectivity index (χ1) is 7.94. The molecule has 1 fully saturated rings. The van der Waals surface area contributed by atoms with Crippen LogP contribution in [0.3, 0.4) is 0 Å². The monoisotopic (exact) mass is 242 g/mol. The summed E-state index contributed by atoms with van der Waals surface area (Å²) in [5.41, 5.74) is -0.0454. The average molecular weight is 242 g/mol. The van der Waals surface area contributed by atoms with Crippen molar-refractivity contribution < 1.29 is 9.90 Å². The number of carbonyl (C=O) groups is 1. The van der Waals surface area contributed by atoms with Gasteiger partial charge in [0.1, 0.15) is 0 Å². The maximum absolute atomic E-state index is 12.1. The summed E-state index contributed by atoms with van der Waals surface area (Å²) in [6.07, 6.45) is 4.57. The van der Waals surface area contributed by atoms with Crippen LogP contribution < -0.4 is 5.32 Å². The Hall–Kier alpha value is -0.610. The van der Waals surface area contributed by atoms with Gasteiger partial charge in [0.05, 0.1) is 13.2 Å². The molecule has 1 amide bonds. The van der Waals surface area contributed by atoms with Crippen molar-refractivity contribution in [2.75, 3.05) is 19.7 Å². The second-order valence-electron chi connectivity index (χ2n) is 5.85. The molecule has 1 aliphatic rings. The Morgan fingerprint density at radius 3 is 2.41 bits per heavy atom. The Balaban J connectivity index is 2.48. The maximum atomic E-state index is 12.1. The molecule has 0 heterocycles. The van der Waals surface area contributed by atoms with Crippen LogP contribution >= 0.6 is 0 Å². The summed E-state index contributed by atoms with van der Waals surface area (Å²) in [6.45, 7) is 7.03. The fourth-order valence-electron chi connectivity index (χ4n) is 2.28. The largest absolute Gasteiger partial charge is 0.395 e. The highest BCUT2D eigenvalue weighted by Gasteiger charge is 2.26. The van der Waals surface area contributed by atoms with Crippen molar-refractivity contribution in [3.63, 3.8) is 0 Å². The van der Waals surface area contributed by atoms with Crippen molar-refractivity contribution in [2.45, 2.75) is 58.0 Å². The third-order valence-corrected chi connectivity index (χ3v) is 3.20. The molecule has 100 valence electrons.